The molecule has 0 aliphatic carbocycles. The van der Waals surface area contributed by atoms with Crippen molar-refractivity contribution in [3.05, 3.63) is 53.0 Å². The van der Waals surface area contributed by atoms with Crippen molar-refractivity contribution in [2.75, 3.05) is 7.05 Å². The van der Waals surface area contributed by atoms with Crippen LogP contribution in [-0.2, 0) is 6.54 Å². The van der Waals surface area contributed by atoms with Crippen LogP contribution in [0.25, 0.3) is 0 Å². The highest BCUT2D eigenvalue weighted by atomic mass is 32.1. The van der Waals surface area contributed by atoms with Gasteiger partial charge in [0.05, 0.1) is 0 Å². The summed E-state index contributed by atoms with van der Waals surface area (Å²) in [5.74, 6) is 0.0198. The quantitative estimate of drug-likeness (QED) is 0.814. The van der Waals surface area contributed by atoms with Crippen molar-refractivity contribution in [3.63, 3.8) is 0 Å². The fraction of sp³-hybridized carbons (Fsp3) is 0.167. The monoisotopic (exact) mass is 232 g/mol. The van der Waals surface area contributed by atoms with Gasteiger partial charge >= 0.3 is 0 Å². The number of amides is 1. The summed E-state index contributed by atoms with van der Waals surface area (Å²) in [5.41, 5.74) is 1.13. The number of nitrogens with zero attached hydrogens (tertiary/aromatic N) is 2. The van der Waals surface area contributed by atoms with E-state index in [4.69, 9.17) is 0 Å². The molecule has 0 saturated carbocycles. The molecule has 16 heavy (non-hydrogen) atoms. The molecule has 2 aromatic rings. The highest BCUT2D eigenvalue weighted by Crippen LogP contribution is 2.10. The van der Waals surface area contributed by atoms with E-state index >= 15 is 0 Å². The second-order valence-corrected chi connectivity index (χ2v) is 4.36. The van der Waals surface area contributed by atoms with E-state index in [-0.39, 0.29) is 5.91 Å². The van der Waals surface area contributed by atoms with E-state index in [1.54, 1.807) is 24.2 Å². The number of aromatic nitrogens is 1. The van der Waals surface area contributed by atoms with Crippen molar-refractivity contribution in [1.82, 2.24) is 9.27 Å². The van der Waals surface area contributed by atoms with E-state index in [1.165, 1.54) is 11.5 Å². The first-order chi connectivity index (χ1) is 7.77. The zero-order valence-electron chi connectivity index (χ0n) is 8.96. The van der Waals surface area contributed by atoms with Crippen LogP contribution in [0.5, 0.6) is 0 Å². The van der Waals surface area contributed by atoms with Gasteiger partial charge in [-0.1, -0.05) is 30.3 Å². The summed E-state index contributed by atoms with van der Waals surface area (Å²) in [7, 11) is 1.80. The molecule has 2 rings (SSSR count). The molecule has 0 fully saturated rings. The number of carbonyl (C=O) groups excluding carboxylic acids is 1. The molecule has 3 nitrogen and oxygen atoms in total. The van der Waals surface area contributed by atoms with Crippen LogP contribution >= 0.6 is 11.5 Å². The predicted molar refractivity (Wildman–Crippen MR) is 64.4 cm³/mol. The number of hydrogen-bond donors (Lipinski definition) is 0. The zero-order chi connectivity index (χ0) is 11.4. The molecule has 1 amide bonds. The minimum Gasteiger partial charge on any atom is -0.337 e. The third-order valence-corrected chi connectivity index (χ3v) is 2.99. The van der Waals surface area contributed by atoms with E-state index < -0.39 is 0 Å². The summed E-state index contributed by atoms with van der Waals surface area (Å²) in [6, 6.07) is 11.7. The number of hydrogen-bond acceptors (Lipinski definition) is 3. The Kier molecular flexibility index (Phi) is 3.31. The Labute approximate surface area is 98.5 Å². The third-order valence-electron chi connectivity index (χ3n) is 2.26. The van der Waals surface area contributed by atoms with Gasteiger partial charge in [-0.2, -0.15) is 0 Å². The van der Waals surface area contributed by atoms with Crippen LogP contribution in [0.1, 0.15) is 15.2 Å². The lowest BCUT2D eigenvalue weighted by molar-refractivity contribution is 0.0790. The molecule has 82 valence electrons. The fourth-order valence-electron chi connectivity index (χ4n) is 1.44. The normalized spacial score (nSPS) is 10.1. The van der Waals surface area contributed by atoms with Gasteiger partial charge in [0.15, 0.2) is 0 Å². The van der Waals surface area contributed by atoms with E-state index in [0.717, 1.165) is 5.56 Å². The largest absolute Gasteiger partial charge is 0.337 e. The Balaban J connectivity index is 2.04. The maximum atomic E-state index is 11.9. The number of rotatable bonds is 3. The van der Waals surface area contributed by atoms with Crippen LogP contribution < -0.4 is 0 Å². The molecule has 0 spiro atoms. The lowest BCUT2D eigenvalue weighted by Gasteiger charge is -2.15. The van der Waals surface area contributed by atoms with Crippen molar-refractivity contribution in [2.24, 2.45) is 0 Å². The lowest BCUT2D eigenvalue weighted by Crippen LogP contribution is -2.25. The van der Waals surface area contributed by atoms with E-state index in [9.17, 15) is 4.79 Å². The van der Waals surface area contributed by atoms with E-state index in [0.29, 0.717) is 11.4 Å². The highest BCUT2D eigenvalue weighted by Gasteiger charge is 2.12. The van der Waals surface area contributed by atoms with Crippen LogP contribution in [-0.4, -0.2) is 22.2 Å². The van der Waals surface area contributed by atoms with Crippen LogP contribution in [0.3, 0.4) is 0 Å². The molecule has 4 heteroatoms. The van der Waals surface area contributed by atoms with Crippen LogP contribution in [0.2, 0.25) is 0 Å². The van der Waals surface area contributed by atoms with Gasteiger partial charge in [-0.15, -0.1) is 0 Å². The number of benzene rings is 1. The van der Waals surface area contributed by atoms with E-state index in [1.807, 2.05) is 30.3 Å². The van der Waals surface area contributed by atoms with Crippen molar-refractivity contribution in [2.45, 2.75) is 6.54 Å². The van der Waals surface area contributed by atoms with Gasteiger partial charge in [0.25, 0.3) is 5.91 Å². The van der Waals surface area contributed by atoms with Gasteiger partial charge in [0.1, 0.15) is 4.88 Å². The number of carbonyl (C=O) groups is 1. The Hall–Kier alpha value is -1.68. The molecule has 0 radical (unpaired) electrons. The maximum Gasteiger partial charge on any atom is 0.265 e. The van der Waals surface area contributed by atoms with Gasteiger partial charge in [-0.3, -0.25) is 4.79 Å². The molecule has 0 aliphatic rings. The van der Waals surface area contributed by atoms with Crippen molar-refractivity contribution in [1.29, 1.82) is 0 Å². The summed E-state index contributed by atoms with van der Waals surface area (Å²) >= 11 is 1.23. The molecule has 0 unspecified atom stereocenters. The van der Waals surface area contributed by atoms with Gasteiger partial charge in [0.2, 0.25) is 0 Å². The molecule has 0 aliphatic heterocycles. The Morgan fingerprint density at radius 3 is 2.69 bits per heavy atom. The van der Waals surface area contributed by atoms with Crippen LogP contribution in [0, 0.1) is 0 Å². The third kappa shape index (κ3) is 2.46. The summed E-state index contributed by atoms with van der Waals surface area (Å²) in [6.07, 6.45) is 1.65. The summed E-state index contributed by atoms with van der Waals surface area (Å²) in [4.78, 5) is 14.3. The molecule has 1 aromatic carbocycles. The second-order valence-electron chi connectivity index (χ2n) is 3.52. The average Bonchev–Trinajstić information content (AvgIpc) is 2.83. The Morgan fingerprint density at radius 1 is 1.31 bits per heavy atom. The molecular weight excluding hydrogens is 220 g/mol. The average molecular weight is 232 g/mol. The first-order valence-corrected chi connectivity index (χ1v) is 5.75. The molecule has 1 heterocycles. The Morgan fingerprint density at radius 2 is 2.06 bits per heavy atom. The molecule has 0 N–H and O–H groups in total. The molecule has 1 aromatic heterocycles. The van der Waals surface area contributed by atoms with Crippen LogP contribution in [0.4, 0.5) is 0 Å². The highest BCUT2D eigenvalue weighted by molar-refractivity contribution is 7.08. The summed E-state index contributed by atoms with van der Waals surface area (Å²) in [5, 5.41) is 0. The molecule has 0 atom stereocenters. The standard InChI is InChI=1S/C12H12N2OS/c1-14(9-10-5-3-2-4-6-10)12(15)11-7-8-13-16-11/h2-8H,9H2,1H3. The Bertz CT molecular complexity index is 453. The first-order valence-electron chi connectivity index (χ1n) is 4.97. The van der Waals surface area contributed by atoms with E-state index in [2.05, 4.69) is 4.37 Å². The topological polar surface area (TPSA) is 33.2 Å². The van der Waals surface area contributed by atoms with Crippen molar-refractivity contribution < 1.29 is 4.79 Å². The van der Waals surface area contributed by atoms with Crippen LogP contribution in [0.15, 0.2) is 42.6 Å². The summed E-state index contributed by atoms with van der Waals surface area (Å²) in [6.45, 7) is 0.623. The SMILES string of the molecule is CN(Cc1ccccc1)C(=O)c1ccns1. The minimum absolute atomic E-state index is 0.0198. The molecule has 0 saturated heterocycles. The van der Waals surface area contributed by atoms with Gasteiger partial charge in [-0.05, 0) is 23.2 Å². The van der Waals surface area contributed by atoms with Gasteiger partial charge in [-0.25, -0.2) is 4.37 Å². The predicted octanol–water partition coefficient (Wildman–Crippen LogP) is 2.42. The smallest absolute Gasteiger partial charge is 0.265 e. The second kappa shape index (κ2) is 4.90. The summed E-state index contributed by atoms with van der Waals surface area (Å²) < 4.78 is 3.93. The van der Waals surface area contributed by atoms with Gasteiger partial charge in [0, 0.05) is 19.8 Å². The minimum atomic E-state index is 0.0198. The lowest BCUT2D eigenvalue weighted by atomic mass is 10.2. The first kappa shape index (κ1) is 10.8. The zero-order valence-corrected chi connectivity index (χ0v) is 9.78. The maximum absolute atomic E-state index is 11.9. The van der Waals surface area contributed by atoms with Gasteiger partial charge < -0.3 is 4.90 Å². The molecular formula is C12H12N2OS. The van der Waals surface area contributed by atoms with Crippen molar-refractivity contribution in [3.8, 4) is 0 Å². The molecule has 0 bridgehead atoms. The fourth-order valence-corrected chi connectivity index (χ4v) is 2.03. The van der Waals surface area contributed by atoms with Crippen molar-refractivity contribution >= 4 is 17.4 Å².